The Labute approximate surface area is 160 Å². The first kappa shape index (κ1) is 20.4. The quantitative estimate of drug-likeness (QED) is 0.330. The van der Waals surface area contributed by atoms with E-state index in [1.54, 1.807) is 4.90 Å². The van der Waals surface area contributed by atoms with E-state index in [1.165, 1.54) is 4.90 Å². The fraction of sp³-hybridized carbons (Fsp3) is 0.579. The van der Waals surface area contributed by atoms with Crippen LogP contribution in [-0.4, -0.2) is 61.5 Å². The molecule has 0 radical (unpaired) electrons. The topological polar surface area (TPSA) is 66.0 Å². The van der Waals surface area contributed by atoms with E-state index in [-0.39, 0.29) is 6.09 Å². The van der Waals surface area contributed by atoms with Crippen molar-refractivity contribution in [2.45, 2.75) is 37.6 Å². The highest BCUT2D eigenvalue weighted by Crippen LogP contribution is 2.16. The highest BCUT2D eigenvalue weighted by atomic mass is 32.2. The molecule has 2 rings (SSSR count). The molecule has 0 aliphatic carbocycles. The standard InChI is InChI=1S/C19H30N4O2S/c1-3-20-18(21-12-15-26-17-8-6-5-7-9-17)22-16-10-13-23(14-11-16)19(24)25-4-2/h5-9,16H,3-4,10-15H2,1-2H3,(H2,20,21,22). The van der Waals surface area contributed by atoms with E-state index in [9.17, 15) is 4.79 Å². The van der Waals surface area contributed by atoms with Crippen LogP contribution < -0.4 is 10.6 Å². The van der Waals surface area contributed by atoms with Crippen LogP contribution >= 0.6 is 11.8 Å². The van der Waals surface area contributed by atoms with Crippen molar-refractivity contribution in [3.63, 3.8) is 0 Å². The van der Waals surface area contributed by atoms with Crippen molar-refractivity contribution in [2.24, 2.45) is 4.99 Å². The number of rotatable bonds is 7. The Morgan fingerprint density at radius 3 is 2.65 bits per heavy atom. The second kappa shape index (κ2) is 11.7. The first-order valence-corrected chi connectivity index (χ1v) is 10.4. The number of ether oxygens (including phenoxy) is 1. The van der Waals surface area contributed by atoms with E-state index in [0.717, 1.165) is 50.7 Å². The Balaban J connectivity index is 1.74. The van der Waals surface area contributed by atoms with Gasteiger partial charge in [-0.1, -0.05) is 18.2 Å². The maximum atomic E-state index is 11.8. The molecular weight excluding hydrogens is 348 g/mol. The normalized spacial score (nSPS) is 15.6. The summed E-state index contributed by atoms with van der Waals surface area (Å²) in [7, 11) is 0. The fourth-order valence-electron chi connectivity index (χ4n) is 2.77. The molecule has 1 aliphatic heterocycles. The van der Waals surface area contributed by atoms with Gasteiger partial charge in [-0.05, 0) is 38.8 Å². The lowest BCUT2D eigenvalue weighted by Gasteiger charge is -2.32. The van der Waals surface area contributed by atoms with Crippen molar-refractivity contribution in [1.29, 1.82) is 0 Å². The van der Waals surface area contributed by atoms with Crippen LogP contribution in [0.4, 0.5) is 4.79 Å². The van der Waals surface area contributed by atoms with Crippen LogP contribution in [0.15, 0.2) is 40.2 Å². The average Bonchev–Trinajstić information content (AvgIpc) is 2.67. The number of aliphatic imine (C=N–C) groups is 1. The van der Waals surface area contributed by atoms with Crippen LogP contribution in [0.2, 0.25) is 0 Å². The molecule has 0 aromatic heterocycles. The zero-order chi connectivity index (χ0) is 18.6. The summed E-state index contributed by atoms with van der Waals surface area (Å²) in [6.07, 6.45) is 1.61. The summed E-state index contributed by atoms with van der Waals surface area (Å²) in [6, 6.07) is 10.7. The molecule has 1 aromatic carbocycles. The van der Waals surface area contributed by atoms with Gasteiger partial charge >= 0.3 is 6.09 Å². The zero-order valence-corrected chi connectivity index (χ0v) is 16.6. The third kappa shape index (κ3) is 7.15. The van der Waals surface area contributed by atoms with Gasteiger partial charge in [0.1, 0.15) is 0 Å². The zero-order valence-electron chi connectivity index (χ0n) is 15.7. The summed E-state index contributed by atoms with van der Waals surface area (Å²) in [6.45, 7) is 7.37. The number of benzene rings is 1. The molecule has 144 valence electrons. The Hall–Kier alpha value is -1.89. The van der Waals surface area contributed by atoms with Crippen molar-refractivity contribution in [3.05, 3.63) is 30.3 Å². The van der Waals surface area contributed by atoms with Gasteiger partial charge in [0, 0.05) is 36.3 Å². The van der Waals surface area contributed by atoms with E-state index >= 15 is 0 Å². The molecule has 0 bridgehead atoms. The Morgan fingerprint density at radius 2 is 2.00 bits per heavy atom. The van der Waals surface area contributed by atoms with Crippen LogP contribution in [0.25, 0.3) is 0 Å². The largest absolute Gasteiger partial charge is 0.450 e. The van der Waals surface area contributed by atoms with Crippen LogP contribution in [0.3, 0.4) is 0 Å². The highest BCUT2D eigenvalue weighted by Gasteiger charge is 2.23. The van der Waals surface area contributed by atoms with E-state index in [1.807, 2.05) is 24.8 Å². The Kier molecular flexibility index (Phi) is 9.17. The smallest absolute Gasteiger partial charge is 0.409 e. The van der Waals surface area contributed by atoms with Crippen molar-refractivity contribution >= 4 is 23.8 Å². The molecule has 1 fully saturated rings. The molecule has 1 heterocycles. The number of thioether (sulfide) groups is 1. The number of nitrogens with one attached hydrogen (secondary N) is 2. The first-order chi connectivity index (χ1) is 12.7. The molecule has 7 heteroatoms. The van der Waals surface area contributed by atoms with Crippen LogP contribution in [0.5, 0.6) is 0 Å². The van der Waals surface area contributed by atoms with Crippen molar-refractivity contribution < 1.29 is 9.53 Å². The number of amides is 1. The lowest BCUT2D eigenvalue weighted by atomic mass is 10.1. The number of carbonyl (C=O) groups excluding carboxylic acids is 1. The molecule has 1 amide bonds. The Bertz CT molecular complexity index is 560. The summed E-state index contributed by atoms with van der Waals surface area (Å²) < 4.78 is 5.07. The molecule has 0 spiro atoms. The van der Waals surface area contributed by atoms with Gasteiger partial charge in [-0.15, -0.1) is 11.8 Å². The summed E-state index contributed by atoms with van der Waals surface area (Å²) >= 11 is 1.81. The second-order valence-electron chi connectivity index (χ2n) is 6.03. The van der Waals surface area contributed by atoms with Gasteiger partial charge in [0.05, 0.1) is 13.2 Å². The van der Waals surface area contributed by atoms with E-state index in [2.05, 4.69) is 46.8 Å². The van der Waals surface area contributed by atoms with Crippen LogP contribution in [-0.2, 0) is 4.74 Å². The van der Waals surface area contributed by atoms with Gasteiger partial charge in [-0.2, -0.15) is 0 Å². The SMILES string of the molecule is CCNC(=NCCSc1ccccc1)NC1CCN(C(=O)OCC)CC1. The third-order valence-corrected chi connectivity index (χ3v) is 5.07. The number of hydrogen-bond donors (Lipinski definition) is 2. The molecule has 6 nitrogen and oxygen atoms in total. The maximum Gasteiger partial charge on any atom is 0.409 e. The predicted octanol–water partition coefficient (Wildman–Crippen LogP) is 2.95. The molecule has 0 saturated carbocycles. The van der Waals surface area contributed by atoms with Crippen molar-refractivity contribution in [1.82, 2.24) is 15.5 Å². The molecule has 0 unspecified atom stereocenters. The van der Waals surface area contributed by atoms with Gasteiger partial charge < -0.3 is 20.3 Å². The third-order valence-electron chi connectivity index (χ3n) is 4.08. The predicted molar refractivity (Wildman–Crippen MR) is 108 cm³/mol. The fourth-order valence-corrected chi connectivity index (χ4v) is 3.54. The lowest BCUT2D eigenvalue weighted by molar-refractivity contribution is 0.0963. The minimum Gasteiger partial charge on any atom is -0.450 e. The summed E-state index contributed by atoms with van der Waals surface area (Å²) in [5.74, 6) is 1.80. The minimum absolute atomic E-state index is 0.204. The number of carbonyl (C=O) groups is 1. The molecule has 0 atom stereocenters. The number of nitrogens with zero attached hydrogens (tertiary/aromatic N) is 2. The van der Waals surface area contributed by atoms with E-state index in [4.69, 9.17) is 4.74 Å². The Morgan fingerprint density at radius 1 is 1.27 bits per heavy atom. The number of piperidine rings is 1. The molecular formula is C19H30N4O2S. The summed E-state index contributed by atoms with van der Waals surface area (Å²) in [4.78, 5) is 19.5. The summed E-state index contributed by atoms with van der Waals surface area (Å²) in [5, 5.41) is 6.81. The first-order valence-electron chi connectivity index (χ1n) is 9.37. The second-order valence-corrected chi connectivity index (χ2v) is 7.20. The minimum atomic E-state index is -0.204. The van der Waals surface area contributed by atoms with Gasteiger partial charge in [0.2, 0.25) is 0 Å². The molecule has 26 heavy (non-hydrogen) atoms. The number of guanidine groups is 1. The molecule has 2 N–H and O–H groups in total. The van der Waals surface area contributed by atoms with Gasteiger partial charge in [0.15, 0.2) is 5.96 Å². The van der Waals surface area contributed by atoms with Crippen LogP contribution in [0.1, 0.15) is 26.7 Å². The number of likely N-dealkylation sites (tertiary alicyclic amines) is 1. The van der Waals surface area contributed by atoms with Gasteiger partial charge in [-0.25, -0.2) is 4.79 Å². The molecule has 1 aliphatic rings. The summed E-state index contributed by atoms with van der Waals surface area (Å²) in [5.41, 5.74) is 0. The van der Waals surface area contributed by atoms with E-state index < -0.39 is 0 Å². The maximum absolute atomic E-state index is 11.8. The molecule has 1 aromatic rings. The number of hydrogen-bond acceptors (Lipinski definition) is 4. The lowest BCUT2D eigenvalue weighted by Crippen LogP contribution is -2.50. The van der Waals surface area contributed by atoms with Crippen LogP contribution in [0, 0.1) is 0 Å². The highest BCUT2D eigenvalue weighted by molar-refractivity contribution is 7.99. The average molecular weight is 379 g/mol. The van der Waals surface area contributed by atoms with Crippen molar-refractivity contribution in [3.8, 4) is 0 Å². The molecule has 1 saturated heterocycles. The van der Waals surface area contributed by atoms with Gasteiger partial charge in [-0.3, -0.25) is 4.99 Å². The monoisotopic (exact) mass is 378 g/mol. The van der Waals surface area contributed by atoms with Gasteiger partial charge in [0.25, 0.3) is 0 Å². The van der Waals surface area contributed by atoms with E-state index in [0.29, 0.717) is 12.6 Å². The van der Waals surface area contributed by atoms with Crippen molar-refractivity contribution in [2.75, 3.05) is 38.5 Å².